The predicted octanol–water partition coefficient (Wildman–Crippen LogP) is 2.64. The van der Waals surface area contributed by atoms with Crippen molar-refractivity contribution in [2.45, 2.75) is 17.9 Å². The molecule has 0 aliphatic carbocycles. The van der Waals surface area contributed by atoms with E-state index >= 15 is 0 Å². The van der Waals surface area contributed by atoms with Gasteiger partial charge < -0.3 is 25.8 Å². The molecule has 1 aliphatic rings. The van der Waals surface area contributed by atoms with Crippen molar-refractivity contribution in [2.75, 3.05) is 24.4 Å². The normalized spacial score (nSPS) is 12.6. The molecule has 0 fully saturated rings. The molecule has 0 spiro atoms. The standard InChI is InChI=1S/C19H21N3O4S.ClH/c1-12(9-20)21-19(24)14-4-2-3-5-17(14)27-10-18(23)22-13-6-7-15-16(8-13)26-11-25-15;/h2-8,12H,9-11,20H2,1H3,(H,21,24)(H,22,23);1H/t12-;/m0./s1. The quantitative estimate of drug-likeness (QED) is 0.591. The maximum atomic E-state index is 12.4. The number of carbonyl (C=O) groups is 2. The number of thioether (sulfide) groups is 1. The van der Waals surface area contributed by atoms with E-state index in [1.165, 1.54) is 11.8 Å². The molecule has 0 saturated carbocycles. The Morgan fingerprint density at radius 2 is 1.93 bits per heavy atom. The Balaban J connectivity index is 0.00000280. The summed E-state index contributed by atoms with van der Waals surface area (Å²) >= 11 is 1.30. The fourth-order valence-corrected chi connectivity index (χ4v) is 3.31. The van der Waals surface area contributed by atoms with Gasteiger partial charge in [0.25, 0.3) is 5.91 Å². The average Bonchev–Trinajstić information content (AvgIpc) is 3.14. The Labute approximate surface area is 173 Å². The van der Waals surface area contributed by atoms with Crippen molar-refractivity contribution in [3.05, 3.63) is 48.0 Å². The second-order valence-electron chi connectivity index (χ2n) is 6.01. The first-order valence-electron chi connectivity index (χ1n) is 8.49. The van der Waals surface area contributed by atoms with Gasteiger partial charge in [0, 0.05) is 29.2 Å². The first-order chi connectivity index (χ1) is 13.1. The predicted molar refractivity (Wildman–Crippen MR) is 112 cm³/mol. The molecule has 2 aromatic rings. The van der Waals surface area contributed by atoms with E-state index in [2.05, 4.69) is 10.6 Å². The number of nitrogens with one attached hydrogen (secondary N) is 2. The molecule has 150 valence electrons. The lowest BCUT2D eigenvalue weighted by Gasteiger charge is -2.13. The largest absolute Gasteiger partial charge is 0.454 e. The van der Waals surface area contributed by atoms with Gasteiger partial charge in [0.15, 0.2) is 11.5 Å². The minimum absolute atomic E-state index is 0. The summed E-state index contributed by atoms with van der Waals surface area (Å²) in [6.45, 7) is 2.38. The summed E-state index contributed by atoms with van der Waals surface area (Å²) in [6, 6.07) is 12.3. The zero-order valence-electron chi connectivity index (χ0n) is 15.3. The number of ether oxygens (including phenoxy) is 2. The summed E-state index contributed by atoms with van der Waals surface area (Å²) in [7, 11) is 0. The van der Waals surface area contributed by atoms with E-state index in [0.717, 1.165) is 4.90 Å². The molecular formula is C19H22ClN3O4S. The van der Waals surface area contributed by atoms with Gasteiger partial charge in [-0.2, -0.15) is 0 Å². The Morgan fingerprint density at radius 3 is 2.71 bits per heavy atom. The molecule has 28 heavy (non-hydrogen) atoms. The van der Waals surface area contributed by atoms with Crippen LogP contribution in [-0.2, 0) is 4.79 Å². The van der Waals surface area contributed by atoms with Crippen LogP contribution in [0.1, 0.15) is 17.3 Å². The smallest absolute Gasteiger partial charge is 0.252 e. The topological polar surface area (TPSA) is 103 Å². The third-order valence-electron chi connectivity index (χ3n) is 3.88. The van der Waals surface area contributed by atoms with E-state index in [1.54, 1.807) is 30.3 Å². The number of amides is 2. The van der Waals surface area contributed by atoms with Crippen LogP contribution in [0.3, 0.4) is 0 Å². The highest BCUT2D eigenvalue weighted by Crippen LogP contribution is 2.34. The van der Waals surface area contributed by atoms with Crippen molar-refractivity contribution in [2.24, 2.45) is 5.73 Å². The number of nitrogens with two attached hydrogens (primary N) is 1. The lowest BCUT2D eigenvalue weighted by Crippen LogP contribution is -2.38. The number of anilines is 1. The van der Waals surface area contributed by atoms with Gasteiger partial charge in [-0.1, -0.05) is 12.1 Å². The number of benzene rings is 2. The average molecular weight is 424 g/mol. The van der Waals surface area contributed by atoms with Crippen molar-refractivity contribution in [1.82, 2.24) is 5.32 Å². The lowest BCUT2D eigenvalue weighted by atomic mass is 10.2. The second-order valence-corrected chi connectivity index (χ2v) is 7.03. The summed E-state index contributed by atoms with van der Waals surface area (Å²) in [6.07, 6.45) is 0. The van der Waals surface area contributed by atoms with E-state index in [4.69, 9.17) is 15.2 Å². The molecule has 0 radical (unpaired) electrons. The molecule has 0 saturated heterocycles. The van der Waals surface area contributed by atoms with Crippen LogP contribution >= 0.6 is 24.2 Å². The summed E-state index contributed by atoms with van der Waals surface area (Å²) in [5, 5.41) is 5.65. The highest BCUT2D eigenvalue weighted by molar-refractivity contribution is 8.00. The van der Waals surface area contributed by atoms with Gasteiger partial charge in [-0.3, -0.25) is 9.59 Å². The van der Waals surface area contributed by atoms with Crippen LogP contribution in [0.25, 0.3) is 0 Å². The molecule has 1 atom stereocenters. The highest BCUT2D eigenvalue weighted by atomic mass is 35.5. The first kappa shape index (κ1) is 21.9. The number of hydrogen-bond donors (Lipinski definition) is 3. The molecule has 1 heterocycles. The SMILES string of the molecule is C[C@@H](CN)NC(=O)c1ccccc1SCC(=O)Nc1ccc2c(c1)OCO2.Cl. The Hall–Kier alpha value is -2.42. The monoisotopic (exact) mass is 423 g/mol. The van der Waals surface area contributed by atoms with E-state index in [1.807, 2.05) is 19.1 Å². The third kappa shape index (κ3) is 5.54. The number of halogens is 1. The maximum absolute atomic E-state index is 12.4. The summed E-state index contributed by atoms with van der Waals surface area (Å²) in [5.74, 6) is 1.06. The molecule has 1 aliphatic heterocycles. The number of fused-ring (bicyclic) bond motifs is 1. The van der Waals surface area contributed by atoms with Gasteiger partial charge in [-0.05, 0) is 31.2 Å². The van der Waals surface area contributed by atoms with Gasteiger partial charge in [0.05, 0.1) is 11.3 Å². The van der Waals surface area contributed by atoms with Gasteiger partial charge in [-0.25, -0.2) is 0 Å². The van der Waals surface area contributed by atoms with Crippen LogP contribution in [0.2, 0.25) is 0 Å². The number of carbonyl (C=O) groups excluding carboxylic acids is 2. The third-order valence-corrected chi connectivity index (χ3v) is 4.95. The first-order valence-corrected chi connectivity index (χ1v) is 9.47. The summed E-state index contributed by atoms with van der Waals surface area (Å²) in [5.41, 5.74) is 6.71. The number of rotatable bonds is 7. The van der Waals surface area contributed by atoms with Crippen LogP contribution in [0.5, 0.6) is 11.5 Å². The van der Waals surface area contributed by atoms with Crippen LogP contribution in [0, 0.1) is 0 Å². The molecule has 7 nitrogen and oxygen atoms in total. The van der Waals surface area contributed by atoms with Gasteiger partial charge in [-0.15, -0.1) is 24.2 Å². The molecular weight excluding hydrogens is 402 g/mol. The molecule has 2 aromatic carbocycles. The highest BCUT2D eigenvalue weighted by Gasteiger charge is 2.16. The minimum Gasteiger partial charge on any atom is -0.454 e. The maximum Gasteiger partial charge on any atom is 0.252 e. The zero-order chi connectivity index (χ0) is 19.2. The van der Waals surface area contributed by atoms with E-state index in [9.17, 15) is 9.59 Å². The van der Waals surface area contributed by atoms with Crippen LogP contribution in [0.15, 0.2) is 47.4 Å². The van der Waals surface area contributed by atoms with E-state index in [-0.39, 0.29) is 42.8 Å². The van der Waals surface area contributed by atoms with Crippen LogP contribution in [-0.4, -0.2) is 36.9 Å². The molecule has 2 amide bonds. The molecule has 0 unspecified atom stereocenters. The zero-order valence-corrected chi connectivity index (χ0v) is 16.9. The molecule has 9 heteroatoms. The van der Waals surface area contributed by atoms with E-state index in [0.29, 0.717) is 29.3 Å². The Bertz CT molecular complexity index is 850. The van der Waals surface area contributed by atoms with Crippen molar-refractivity contribution in [1.29, 1.82) is 0 Å². The Morgan fingerprint density at radius 1 is 1.18 bits per heavy atom. The summed E-state index contributed by atoms with van der Waals surface area (Å²) in [4.78, 5) is 25.4. The molecule has 0 bridgehead atoms. The summed E-state index contributed by atoms with van der Waals surface area (Å²) < 4.78 is 10.6. The molecule has 3 rings (SSSR count). The fraction of sp³-hybridized carbons (Fsp3) is 0.263. The van der Waals surface area contributed by atoms with Crippen LogP contribution in [0.4, 0.5) is 5.69 Å². The van der Waals surface area contributed by atoms with Gasteiger partial charge >= 0.3 is 0 Å². The van der Waals surface area contributed by atoms with Gasteiger partial charge in [0.2, 0.25) is 12.7 Å². The van der Waals surface area contributed by atoms with Crippen molar-refractivity contribution in [3.63, 3.8) is 0 Å². The van der Waals surface area contributed by atoms with E-state index < -0.39 is 0 Å². The molecule has 0 aromatic heterocycles. The molecule has 4 N–H and O–H groups in total. The van der Waals surface area contributed by atoms with Gasteiger partial charge in [0.1, 0.15) is 0 Å². The van der Waals surface area contributed by atoms with Crippen molar-refractivity contribution < 1.29 is 19.1 Å². The minimum atomic E-state index is -0.202. The second kappa shape index (κ2) is 10.2. The Kier molecular flexibility index (Phi) is 7.98. The van der Waals surface area contributed by atoms with Crippen molar-refractivity contribution >= 4 is 41.7 Å². The van der Waals surface area contributed by atoms with Crippen molar-refractivity contribution in [3.8, 4) is 11.5 Å². The number of hydrogen-bond acceptors (Lipinski definition) is 6. The van der Waals surface area contributed by atoms with Crippen LogP contribution < -0.4 is 25.8 Å². The lowest BCUT2D eigenvalue weighted by molar-refractivity contribution is -0.113. The fourth-order valence-electron chi connectivity index (χ4n) is 2.46.